The quantitative estimate of drug-likeness (QED) is 0.643. The lowest BCUT2D eigenvalue weighted by Crippen LogP contribution is -2.07. The Morgan fingerprint density at radius 2 is 2.00 bits per heavy atom. The Balaban J connectivity index is 2.89. The van der Waals surface area contributed by atoms with Crippen LogP contribution in [0.5, 0.6) is 6.01 Å². The average Bonchev–Trinajstić information content (AvgIpc) is 2.32. The van der Waals surface area contributed by atoms with Crippen molar-refractivity contribution in [3.8, 4) is 6.01 Å². The number of nitrogens with one attached hydrogen (secondary N) is 1. The minimum absolute atomic E-state index is 0.989. The fraction of sp³-hybridized carbons (Fsp3) is 0.333. The van der Waals surface area contributed by atoms with Gasteiger partial charge in [0, 0.05) is 4.53 Å². The van der Waals surface area contributed by atoms with E-state index < -0.39 is 18.0 Å². The Morgan fingerprint density at radius 1 is 1.36 bits per heavy atom. The van der Waals surface area contributed by atoms with E-state index >= 15 is 0 Å². The summed E-state index contributed by atoms with van der Waals surface area (Å²) in [6, 6.07) is -0.989. The fourth-order valence-electron chi connectivity index (χ4n) is 0.408. The third kappa shape index (κ3) is 1.57. The first-order valence-electron chi connectivity index (χ1n) is 2.32. The minimum Gasteiger partial charge on any atom is -0.252 e. The summed E-state index contributed by atoms with van der Waals surface area (Å²) in [6.07, 6.45) is -4.66. The van der Waals surface area contributed by atoms with Crippen LogP contribution in [0.15, 0.2) is 0 Å². The van der Waals surface area contributed by atoms with Crippen molar-refractivity contribution >= 4 is 0 Å². The van der Waals surface area contributed by atoms with E-state index in [1.54, 1.807) is 0 Å². The summed E-state index contributed by atoms with van der Waals surface area (Å²) >= 11 is 0. The predicted octanol–water partition coefficient (Wildman–Crippen LogP) is 1.09. The molecule has 0 bridgehead atoms. The first-order valence-corrected chi connectivity index (χ1v) is 2.32. The van der Waals surface area contributed by atoms with Gasteiger partial charge in [-0.25, -0.2) is 4.94 Å². The first-order chi connectivity index (χ1) is 5.04. The highest BCUT2D eigenvalue weighted by molar-refractivity contribution is 4.97. The Bertz CT molecular complexity index is 243. The Morgan fingerprint density at radius 3 is 2.27 bits per heavy atom. The van der Waals surface area contributed by atoms with Gasteiger partial charge >= 0.3 is 12.2 Å². The van der Waals surface area contributed by atoms with Crippen molar-refractivity contribution in [1.82, 2.24) is 15.2 Å². The molecule has 8 heteroatoms. The maximum atomic E-state index is 11.6. The molecule has 0 aliphatic heterocycles. The van der Waals surface area contributed by atoms with E-state index in [1.807, 2.05) is 0 Å². The molecule has 4 nitrogen and oxygen atoms in total. The molecular weight excluding hydrogens is 170 g/mol. The van der Waals surface area contributed by atoms with Gasteiger partial charge in [-0.05, 0) is 0 Å². The van der Waals surface area contributed by atoms with Gasteiger partial charge in [-0.3, -0.25) is 5.10 Å². The van der Waals surface area contributed by atoms with Gasteiger partial charge in [0.15, 0.2) is 0 Å². The second-order valence-electron chi connectivity index (χ2n) is 1.54. The number of halogens is 4. The fourth-order valence-corrected chi connectivity index (χ4v) is 0.408. The number of hydrogen-bond acceptors (Lipinski definition) is 3. The zero-order chi connectivity index (χ0) is 8.48. The molecule has 0 aromatic carbocycles. The number of hydrogen-bond donors (Lipinski definition) is 1. The van der Waals surface area contributed by atoms with Gasteiger partial charge in [0.1, 0.15) is 0 Å². The van der Waals surface area contributed by atoms with E-state index in [1.165, 1.54) is 5.10 Å². The molecule has 1 aromatic rings. The van der Waals surface area contributed by atoms with Crippen LogP contribution in [-0.2, 0) is 6.18 Å². The topological polar surface area (TPSA) is 50.8 Å². The lowest BCUT2D eigenvalue weighted by molar-refractivity contribution is -0.145. The summed E-state index contributed by atoms with van der Waals surface area (Å²) in [5, 5.41) is 4.19. The molecule has 1 rings (SSSR count). The number of aromatic nitrogens is 3. The summed E-state index contributed by atoms with van der Waals surface area (Å²) in [5.74, 6) is -1.40. The van der Waals surface area contributed by atoms with Crippen LogP contribution in [0.2, 0.25) is 0 Å². The second kappa shape index (κ2) is 2.36. The molecule has 0 fully saturated rings. The highest BCUT2D eigenvalue weighted by Gasteiger charge is 2.35. The molecule has 1 N–H and O–H groups in total. The van der Waals surface area contributed by atoms with E-state index in [-0.39, 0.29) is 0 Å². The monoisotopic (exact) mass is 171 g/mol. The zero-order valence-corrected chi connectivity index (χ0v) is 4.81. The molecule has 0 amide bonds. The van der Waals surface area contributed by atoms with Crippen molar-refractivity contribution in [1.29, 1.82) is 0 Å². The lowest BCUT2D eigenvalue weighted by Gasteiger charge is -1.97. The van der Waals surface area contributed by atoms with E-state index in [0.29, 0.717) is 0 Å². The molecule has 1 aromatic heterocycles. The molecule has 1 heterocycles. The standard InChI is InChI=1S/C3HF4N3O/c4-3(5,6)1-8-2(11-7)10-9-1/h(H,8,9,10). The Kier molecular flexibility index (Phi) is 1.67. The number of nitrogens with zero attached hydrogens (tertiary/aromatic N) is 2. The van der Waals surface area contributed by atoms with E-state index in [0.717, 1.165) is 0 Å². The van der Waals surface area contributed by atoms with Crippen LogP contribution in [0.4, 0.5) is 17.7 Å². The number of alkyl halides is 3. The zero-order valence-electron chi connectivity index (χ0n) is 4.81. The maximum absolute atomic E-state index is 11.6. The highest BCUT2D eigenvalue weighted by atomic mass is 19.4. The van der Waals surface area contributed by atoms with Crippen LogP contribution < -0.4 is 4.94 Å². The molecule has 0 spiro atoms. The van der Waals surface area contributed by atoms with Crippen LogP contribution in [-0.4, -0.2) is 15.2 Å². The van der Waals surface area contributed by atoms with Gasteiger partial charge in [0.05, 0.1) is 0 Å². The van der Waals surface area contributed by atoms with Gasteiger partial charge in [0.2, 0.25) is 5.82 Å². The molecular formula is C3HF4N3O. The van der Waals surface area contributed by atoms with Crippen molar-refractivity contribution in [3.05, 3.63) is 5.82 Å². The third-order valence-electron chi connectivity index (χ3n) is 0.802. The van der Waals surface area contributed by atoms with Gasteiger partial charge in [-0.2, -0.15) is 18.2 Å². The predicted molar refractivity (Wildman–Crippen MR) is 23.1 cm³/mol. The largest absolute Gasteiger partial charge is 0.451 e. The molecule has 0 atom stereocenters. The molecule has 0 saturated heterocycles. The van der Waals surface area contributed by atoms with Crippen molar-refractivity contribution in [3.63, 3.8) is 0 Å². The van der Waals surface area contributed by atoms with Crippen molar-refractivity contribution in [2.75, 3.05) is 0 Å². The van der Waals surface area contributed by atoms with E-state index in [4.69, 9.17) is 0 Å². The molecule has 0 unspecified atom stereocenters. The minimum atomic E-state index is -4.66. The van der Waals surface area contributed by atoms with Crippen LogP contribution in [0.3, 0.4) is 0 Å². The third-order valence-corrected chi connectivity index (χ3v) is 0.802. The molecule has 0 radical (unpaired) electrons. The van der Waals surface area contributed by atoms with Crippen LogP contribution >= 0.6 is 0 Å². The van der Waals surface area contributed by atoms with Gasteiger partial charge in [-0.1, -0.05) is 0 Å². The molecule has 0 saturated carbocycles. The summed E-state index contributed by atoms with van der Waals surface area (Å²) in [6.45, 7) is 0. The average molecular weight is 171 g/mol. The molecule has 0 aliphatic carbocycles. The SMILES string of the molecule is FOc1n[nH]c(C(F)(F)F)n1. The van der Waals surface area contributed by atoms with Crippen LogP contribution in [0, 0.1) is 0 Å². The van der Waals surface area contributed by atoms with E-state index in [2.05, 4.69) is 15.0 Å². The molecule has 0 aliphatic rings. The van der Waals surface area contributed by atoms with Gasteiger partial charge < -0.3 is 0 Å². The summed E-state index contributed by atoms with van der Waals surface area (Å²) in [4.78, 5) is 5.45. The number of aromatic amines is 1. The summed E-state index contributed by atoms with van der Waals surface area (Å²) in [5.41, 5.74) is 0. The van der Waals surface area contributed by atoms with Crippen molar-refractivity contribution in [2.45, 2.75) is 6.18 Å². The van der Waals surface area contributed by atoms with Gasteiger partial charge in [0.25, 0.3) is 0 Å². The van der Waals surface area contributed by atoms with E-state index in [9.17, 15) is 17.7 Å². The Hall–Kier alpha value is -1.34. The summed E-state index contributed by atoms with van der Waals surface area (Å²) < 4.78 is 46.0. The number of H-pyrrole nitrogens is 1. The second-order valence-corrected chi connectivity index (χ2v) is 1.54. The lowest BCUT2D eigenvalue weighted by atomic mass is 10.6. The maximum Gasteiger partial charge on any atom is 0.451 e. The highest BCUT2D eigenvalue weighted by Crippen LogP contribution is 2.26. The molecule has 11 heavy (non-hydrogen) atoms. The van der Waals surface area contributed by atoms with Crippen LogP contribution in [0.1, 0.15) is 5.82 Å². The normalized spacial score (nSPS) is 11.6. The van der Waals surface area contributed by atoms with Crippen molar-refractivity contribution < 1.29 is 22.6 Å². The molecule has 62 valence electrons. The first kappa shape index (κ1) is 7.76. The van der Waals surface area contributed by atoms with Crippen molar-refractivity contribution in [2.24, 2.45) is 0 Å². The number of rotatable bonds is 1. The van der Waals surface area contributed by atoms with Crippen LogP contribution in [0.25, 0.3) is 0 Å². The summed E-state index contributed by atoms with van der Waals surface area (Å²) in [7, 11) is 0. The smallest absolute Gasteiger partial charge is 0.252 e. The Labute approximate surface area is 57.1 Å². The van der Waals surface area contributed by atoms with Gasteiger partial charge in [-0.15, -0.1) is 5.10 Å².